The minimum absolute atomic E-state index is 0. The first kappa shape index (κ1) is 27.9. The number of rotatable bonds is 8. The molecule has 0 saturated carbocycles. The summed E-state index contributed by atoms with van der Waals surface area (Å²) in [7, 11) is 0. The zero-order valence-electron chi connectivity index (χ0n) is 17.6. The van der Waals surface area contributed by atoms with E-state index in [0.717, 1.165) is 13.0 Å². The van der Waals surface area contributed by atoms with E-state index < -0.39 is 0 Å². The summed E-state index contributed by atoms with van der Waals surface area (Å²) < 4.78 is 1.56. The molecule has 0 saturated heterocycles. The van der Waals surface area contributed by atoms with E-state index in [4.69, 9.17) is 5.73 Å². The van der Waals surface area contributed by atoms with Crippen LogP contribution in [0.5, 0.6) is 0 Å². The van der Waals surface area contributed by atoms with Crippen LogP contribution >= 0.6 is 0 Å². The summed E-state index contributed by atoms with van der Waals surface area (Å²) in [6.45, 7) is 19.7. The Balaban J connectivity index is 0. The molecule has 1 aliphatic carbocycles. The van der Waals surface area contributed by atoms with Gasteiger partial charge in [0, 0.05) is 0 Å². The Hall–Kier alpha value is 0.734. The monoisotopic (exact) mass is 422 g/mol. The van der Waals surface area contributed by atoms with E-state index in [9.17, 15) is 0 Å². The van der Waals surface area contributed by atoms with Gasteiger partial charge in [-0.15, -0.1) is 0 Å². The summed E-state index contributed by atoms with van der Waals surface area (Å²) >= 11 is 2.34. The van der Waals surface area contributed by atoms with Gasteiger partial charge in [0.25, 0.3) is 0 Å². The fraction of sp³-hybridized carbons (Fsp3) is 0.810. The second-order valence-corrected chi connectivity index (χ2v) is 9.45. The SMILES string of the molecule is CCC(C)(CC)C1=C(C(C)(CC)CC)C(C(C)(C)CN)=[C]([Ti+2])C1.[Cl-].[Cl-]. The van der Waals surface area contributed by atoms with Gasteiger partial charge in [0.1, 0.15) is 0 Å². The maximum atomic E-state index is 6.20. The molecule has 145 valence electrons. The van der Waals surface area contributed by atoms with Gasteiger partial charge in [-0.3, -0.25) is 0 Å². The molecule has 0 heterocycles. The fourth-order valence-corrected chi connectivity index (χ4v) is 4.97. The molecule has 0 bridgehead atoms. The van der Waals surface area contributed by atoms with Gasteiger partial charge in [-0.1, -0.05) is 0 Å². The van der Waals surface area contributed by atoms with Crippen molar-refractivity contribution >= 4 is 0 Å². The zero-order valence-corrected chi connectivity index (χ0v) is 20.6. The molecular weight excluding hydrogens is 385 g/mol. The molecule has 0 unspecified atom stereocenters. The number of nitrogens with two attached hydrogens (primary N) is 1. The van der Waals surface area contributed by atoms with Crippen LogP contribution in [0.15, 0.2) is 20.6 Å². The molecule has 4 heteroatoms. The second-order valence-electron chi connectivity index (χ2n) is 8.51. The summed E-state index contributed by atoms with van der Waals surface area (Å²) in [6.07, 6.45) is 5.99. The number of hydrogen-bond acceptors (Lipinski definition) is 1. The summed E-state index contributed by atoms with van der Waals surface area (Å²) in [5.74, 6) is 0. The van der Waals surface area contributed by atoms with Crippen molar-refractivity contribution in [1.82, 2.24) is 0 Å². The Morgan fingerprint density at radius 2 is 1.20 bits per heavy atom. The molecule has 1 nitrogen and oxygen atoms in total. The molecule has 0 fully saturated rings. The van der Waals surface area contributed by atoms with Gasteiger partial charge >= 0.3 is 157 Å². The van der Waals surface area contributed by atoms with Crippen molar-refractivity contribution in [2.24, 2.45) is 22.0 Å². The Bertz CT molecular complexity index is 498. The maximum absolute atomic E-state index is 6.20. The van der Waals surface area contributed by atoms with Crippen LogP contribution in [0.1, 0.15) is 87.5 Å². The molecule has 0 atom stereocenters. The van der Waals surface area contributed by atoms with Crippen molar-refractivity contribution in [3.8, 4) is 0 Å². The van der Waals surface area contributed by atoms with Crippen LogP contribution in [0.4, 0.5) is 0 Å². The van der Waals surface area contributed by atoms with Crippen molar-refractivity contribution in [3.63, 3.8) is 0 Å². The standard InChI is InChI=1S/C21H38N.2ClH.Ti/c1-9-20(7,10-2)17-14-13-16(19(5,6)15-22)18(17)21(8,11-3)12-4;;;/h9-12,14-15,22H2,1-8H3;2*1H;/q;;;+2/p-2. The van der Waals surface area contributed by atoms with E-state index in [1.807, 2.05) is 0 Å². The molecule has 0 aromatic carbocycles. The van der Waals surface area contributed by atoms with E-state index in [1.54, 1.807) is 20.6 Å². The third kappa shape index (κ3) is 5.17. The molecule has 0 aromatic heterocycles. The van der Waals surface area contributed by atoms with Gasteiger partial charge in [0.2, 0.25) is 0 Å². The van der Waals surface area contributed by atoms with Gasteiger partial charge in [-0.25, -0.2) is 0 Å². The first-order valence-corrected chi connectivity index (χ1v) is 10.2. The predicted molar refractivity (Wildman–Crippen MR) is 98.9 cm³/mol. The normalized spacial score (nSPS) is 16.1. The maximum Gasteiger partial charge on any atom is -1.00 e. The first-order valence-electron chi connectivity index (χ1n) is 9.46. The van der Waals surface area contributed by atoms with Crippen molar-refractivity contribution in [3.05, 3.63) is 20.6 Å². The Morgan fingerprint density at radius 1 is 0.800 bits per heavy atom. The van der Waals surface area contributed by atoms with Gasteiger partial charge in [0.15, 0.2) is 0 Å². The average Bonchev–Trinajstić information content (AvgIpc) is 2.92. The Kier molecular flexibility index (Phi) is 11.5. The van der Waals surface area contributed by atoms with Crippen molar-refractivity contribution < 1.29 is 45.2 Å². The molecule has 2 N–H and O–H groups in total. The average molecular weight is 423 g/mol. The van der Waals surface area contributed by atoms with Crippen LogP contribution in [0.25, 0.3) is 0 Å². The number of hydrogen-bond donors (Lipinski definition) is 1. The Labute approximate surface area is 181 Å². The minimum atomic E-state index is 0. The van der Waals surface area contributed by atoms with Crippen LogP contribution in [0.2, 0.25) is 0 Å². The summed E-state index contributed by atoms with van der Waals surface area (Å²) in [4.78, 5) is 0. The summed E-state index contributed by atoms with van der Waals surface area (Å²) in [5.41, 5.74) is 11.8. The van der Waals surface area contributed by atoms with Crippen LogP contribution in [0.3, 0.4) is 0 Å². The van der Waals surface area contributed by atoms with Crippen molar-refractivity contribution in [1.29, 1.82) is 0 Å². The molecule has 0 amide bonds. The Morgan fingerprint density at radius 3 is 1.52 bits per heavy atom. The van der Waals surface area contributed by atoms with E-state index in [2.05, 4.69) is 75.8 Å². The summed E-state index contributed by atoms with van der Waals surface area (Å²) in [6, 6.07) is 0. The first-order chi connectivity index (χ1) is 10.6. The predicted octanol–water partition coefficient (Wildman–Crippen LogP) is 0.133. The third-order valence-electron chi connectivity index (χ3n) is 6.85. The fourth-order valence-electron chi connectivity index (χ4n) is 3.97. The quantitative estimate of drug-likeness (QED) is 0.553. The molecule has 0 radical (unpaired) electrons. The summed E-state index contributed by atoms with van der Waals surface area (Å²) in [5, 5.41) is 0. The van der Waals surface area contributed by atoms with Crippen LogP contribution in [-0.4, -0.2) is 6.54 Å². The van der Waals surface area contributed by atoms with E-state index in [-0.39, 0.29) is 35.6 Å². The van der Waals surface area contributed by atoms with E-state index in [0.29, 0.717) is 5.41 Å². The number of allylic oxidation sites excluding steroid dienone is 3. The topological polar surface area (TPSA) is 26.0 Å². The molecule has 25 heavy (non-hydrogen) atoms. The van der Waals surface area contributed by atoms with Crippen LogP contribution < -0.4 is 30.5 Å². The molecule has 1 aliphatic rings. The van der Waals surface area contributed by atoms with Gasteiger partial charge in [-0.05, 0) is 0 Å². The van der Waals surface area contributed by atoms with Crippen LogP contribution in [0, 0.1) is 16.2 Å². The molecular formula is C21H38Cl2NTi. The van der Waals surface area contributed by atoms with Gasteiger partial charge in [0.05, 0.1) is 0 Å². The van der Waals surface area contributed by atoms with E-state index in [1.165, 1.54) is 25.7 Å². The number of halogens is 2. The smallest absolute Gasteiger partial charge is 1.00 e. The zero-order chi connectivity index (χ0) is 18.1. The molecule has 1 rings (SSSR count). The van der Waals surface area contributed by atoms with Crippen LogP contribution in [-0.2, 0) is 20.4 Å². The van der Waals surface area contributed by atoms with E-state index >= 15 is 0 Å². The van der Waals surface area contributed by atoms with Gasteiger partial charge in [-0.2, -0.15) is 0 Å². The van der Waals surface area contributed by atoms with Crippen molar-refractivity contribution in [2.45, 2.75) is 87.5 Å². The van der Waals surface area contributed by atoms with Crippen molar-refractivity contribution in [2.75, 3.05) is 6.54 Å². The molecule has 0 aliphatic heterocycles. The second kappa shape index (κ2) is 10.3. The largest absolute Gasteiger partial charge is 1.00 e. The molecule has 0 spiro atoms. The third-order valence-corrected chi connectivity index (χ3v) is 7.51. The van der Waals surface area contributed by atoms with Gasteiger partial charge < -0.3 is 24.8 Å². The molecule has 0 aromatic rings. The minimum Gasteiger partial charge on any atom is -1.00 e.